The molecule has 0 saturated carbocycles. The summed E-state index contributed by atoms with van der Waals surface area (Å²) in [6, 6.07) is 13.7. The highest BCUT2D eigenvalue weighted by atomic mass is 19.1. The summed E-state index contributed by atoms with van der Waals surface area (Å²) in [7, 11) is 0. The van der Waals surface area contributed by atoms with Crippen LogP contribution >= 0.6 is 0 Å². The lowest BCUT2D eigenvalue weighted by atomic mass is 10.0. The van der Waals surface area contributed by atoms with Crippen molar-refractivity contribution in [1.82, 2.24) is 15.3 Å². The van der Waals surface area contributed by atoms with Crippen molar-refractivity contribution in [2.75, 3.05) is 18.5 Å². The van der Waals surface area contributed by atoms with Gasteiger partial charge in [-0.3, -0.25) is 0 Å². The number of nitrogens with two attached hydrogens (primary N) is 1. The van der Waals surface area contributed by atoms with Crippen LogP contribution in [0.5, 0.6) is 5.75 Å². The first-order valence-electron chi connectivity index (χ1n) is 11.5. The molecule has 0 spiro atoms. The molecule has 1 amide bonds. The minimum Gasteiger partial charge on any atom is -0.407 e. The molecule has 0 saturated heterocycles. The maximum atomic E-state index is 13.4. The molecule has 7 N–H and O–H groups in total. The van der Waals surface area contributed by atoms with Crippen LogP contribution in [0.15, 0.2) is 54.7 Å². The molecule has 4 aromatic rings. The Labute approximate surface area is 207 Å². The third-order valence-corrected chi connectivity index (χ3v) is 5.78. The van der Waals surface area contributed by atoms with E-state index < -0.39 is 12.2 Å². The van der Waals surface area contributed by atoms with Crippen LogP contribution in [0.1, 0.15) is 18.1 Å². The van der Waals surface area contributed by atoms with Crippen molar-refractivity contribution in [3.05, 3.63) is 71.7 Å². The summed E-state index contributed by atoms with van der Waals surface area (Å²) >= 11 is 0. The highest BCUT2D eigenvalue weighted by molar-refractivity contribution is 5.98. The monoisotopic (exact) mass is 493 g/mol. The number of rotatable bonds is 10. The van der Waals surface area contributed by atoms with Gasteiger partial charge in [0.25, 0.3) is 0 Å². The van der Waals surface area contributed by atoms with Gasteiger partial charge in [-0.2, -0.15) is 0 Å². The number of nitrogens with one attached hydrogen (secondary N) is 3. The maximum absolute atomic E-state index is 13.4. The number of anilines is 2. The zero-order valence-electron chi connectivity index (χ0n) is 19.7. The zero-order chi connectivity index (χ0) is 25.7. The molecule has 0 aliphatic carbocycles. The second-order valence-corrected chi connectivity index (χ2v) is 8.26. The summed E-state index contributed by atoms with van der Waals surface area (Å²) < 4.78 is 18.7. The first-order chi connectivity index (χ1) is 17.4. The number of hydrogen-bond acceptors (Lipinski definition) is 7. The molecule has 0 bridgehead atoms. The summed E-state index contributed by atoms with van der Waals surface area (Å²) in [5.74, 6) is -0.170. The molecule has 0 aliphatic heterocycles. The number of halogens is 1. The number of carbonyl (C=O) groups is 1. The maximum Gasteiger partial charge on any atom is 0.410 e. The fourth-order valence-corrected chi connectivity index (χ4v) is 4.06. The molecule has 0 aliphatic rings. The highest BCUT2D eigenvalue weighted by Gasteiger charge is 2.18. The second kappa shape index (κ2) is 11.2. The second-order valence-electron chi connectivity index (χ2n) is 8.26. The third-order valence-electron chi connectivity index (χ3n) is 5.78. The number of carbonyl (C=O) groups excluding carboxylic acids is 1. The summed E-state index contributed by atoms with van der Waals surface area (Å²) in [5, 5.41) is 25.8. The molecular formula is C26H28FN5O4. The fraction of sp³-hybridized carbons (Fsp3) is 0.231. The largest absolute Gasteiger partial charge is 0.410 e. The number of aromatic nitrogens is 2. The number of amides is 1. The Hall–Kier alpha value is -3.99. The molecule has 2 aromatic heterocycles. The van der Waals surface area contributed by atoms with E-state index in [0.29, 0.717) is 35.4 Å². The molecule has 9 nitrogen and oxygen atoms in total. The average Bonchev–Trinajstić information content (AvgIpc) is 3.30. The average molecular weight is 494 g/mol. The third kappa shape index (κ3) is 5.62. The van der Waals surface area contributed by atoms with E-state index in [-0.39, 0.29) is 24.7 Å². The van der Waals surface area contributed by atoms with Gasteiger partial charge in [0.05, 0.1) is 24.6 Å². The van der Waals surface area contributed by atoms with E-state index in [0.717, 1.165) is 22.4 Å². The molecule has 36 heavy (non-hydrogen) atoms. The minimum atomic E-state index is -0.968. The van der Waals surface area contributed by atoms with Crippen molar-refractivity contribution < 1.29 is 24.1 Å². The number of aromatic amines is 1. The first-order valence-corrected chi connectivity index (χ1v) is 11.5. The summed E-state index contributed by atoms with van der Waals surface area (Å²) in [4.78, 5) is 19.2. The van der Waals surface area contributed by atoms with Gasteiger partial charge < -0.3 is 36.3 Å². The molecule has 10 heteroatoms. The lowest BCUT2D eigenvalue weighted by Crippen LogP contribution is -2.29. The van der Waals surface area contributed by atoms with Gasteiger partial charge in [0.1, 0.15) is 11.5 Å². The van der Waals surface area contributed by atoms with Gasteiger partial charge in [0.2, 0.25) is 0 Å². The van der Waals surface area contributed by atoms with Crippen LogP contribution in [0.3, 0.4) is 0 Å². The summed E-state index contributed by atoms with van der Waals surface area (Å²) in [6.07, 6.45) is 0.313. The first kappa shape index (κ1) is 25.1. The molecule has 0 radical (unpaired) electrons. The molecule has 1 atom stereocenters. The highest BCUT2D eigenvalue weighted by Crippen LogP contribution is 2.38. The predicted octanol–water partition coefficient (Wildman–Crippen LogP) is 3.58. The van der Waals surface area contributed by atoms with Crippen molar-refractivity contribution in [3.8, 4) is 17.0 Å². The quantitative estimate of drug-likeness (QED) is 0.198. The van der Waals surface area contributed by atoms with Crippen LogP contribution < -0.4 is 21.1 Å². The number of nitrogens with zero attached hydrogens (tertiary/aromatic N) is 1. The van der Waals surface area contributed by atoms with Gasteiger partial charge in [-0.05, 0) is 59.5 Å². The van der Waals surface area contributed by atoms with Gasteiger partial charge in [0, 0.05) is 29.9 Å². The Balaban J connectivity index is 1.74. The fourth-order valence-electron chi connectivity index (χ4n) is 4.06. The molecule has 0 fully saturated rings. The molecular weight excluding hydrogens is 465 g/mol. The van der Waals surface area contributed by atoms with E-state index in [1.165, 1.54) is 18.3 Å². The molecule has 4 rings (SSSR count). The van der Waals surface area contributed by atoms with E-state index in [1.807, 2.05) is 31.2 Å². The number of H-pyrrole nitrogens is 1. The normalized spacial score (nSPS) is 12.0. The standard InChI is InChI=1S/C26H28FN5O4/c1-2-19-16(11-29-12-18(34)14-33)4-3-5-21(19)31-24-20-10-22(15-6-8-17(27)9-7-15)32-25(20)30-13-23(24)36-26(28)35/h3-10,13,18,29,33-34H,2,11-12,14H2,1H3,(H2,28,35)(H2,30,31,32). The Bertz CT molecular complexity index is 1360. The zero-order valence-corrected chi connectivity index (χ0v) is 19.7. The van der Waals surface area contributed by atoms with Crippen molar-refractivity contribution in [1.29, 1.82) is 0 Å². The SMILES string of the molecule is CCc1c(CNCC(O)CO)cccc1Nc1c(OC(N)=O)cnc2[nH]c(-c3ccc(F)cc3)cc12. The number of ether oxygens (including phenoxy) is 1. The molecule has 2 aromatic carbocycles. The minimum absolute atomic E-state index is 0.163. The van der Waals surface area contributed by atoms with Gasteiger partial charge in [-0.15, -0.1) is 0 Å². The lowest BCUT2D eigenvalue weighted by molar-refractivity contribution is 0.0942. The lowest BCUT2D eigenvalue weighted by Gasteiger charge is -2.18. The van der Waals surface area contributed by atoms with Crippen LogP contribution in [0, 0.1) is 5.82 Å². The van der Waals surface area contributed by atoms with Crippen LogP contribution in [0.4, 0.5) is 20.6 Å². The van der Waals surface area contributed by atoms with Crippen LogP contribution in [0.25, 0.3) is 22.3 Å². The summed E-state index contributed by atoms with van der Waals surface area (Å²) in [5.41, 5.74) is 10.7. The number of primary amides is 1. The number of fused-ring (bicyclic) bond motifs is 1. The van der Waals surface area contributed by atoms with E-state index in [9.17, 15) is 14.3 Å². The predicted molar refractivity (Wildman–Crippen MR) is 136 cm³/mol. The van der Waals surface area contributed by atoms with Gasteiger partial charge in [-0.1, -0.05) is 19.1 Å². The van der Waals surface area contributed by atoms with Crippen molar-refractivity contribution in [2.24, 2.45) is 5.73 Å². The van der Waals surface area contributed by atoms with Crippen LogP contribution in [0.2, 0.25) is 0 Å². The van der Waals surface area contributed by atoms with Crippen molar-refractivity contribution in [2.45, 2.75) is 26.0 Å². The summed E-state index contributed by atoms with van der Waals surface area (Å²) in [6.45, 7) is 2.46. The van der Waals surface area contributed by atoms with E-state index in [4.69, 9.17) is 15.6 Å². The number of aliphatic hydroxyl groups is 2. The number of benzene rings is 2. The van der Waals surface area contributed by atoms with Gasteiger partial charge in [0.15, 0.2) is 5.75 Å². The Kier molecular flexibility index (Phi) is 7.79. The Morgan fingerprint density at radius 2 is 2.03 bits per heavy atom. The topological polar surface area (TPSA) is 146 Å². The van der Waals surface area contributed by atoms with Crippen LogP contribution in [-0.2, 0) is 13.0 Å². The number of aliphatic hydroxyl groups excluding tert-OH is 2. The Morgan fingerprint density at radius 1 is 1.25 bits per heavy atom. The molecule has 1 unspecified atom stereocenters. The van der Waals surface area contributed by atoms with E-state index >= 15 is 0 Å². The van der Waals surface area contributed by atoms with Crippen LogP contribution in [-0.4, -0.2) is 45.5 Å². The molecule has 188 valence electrons. The van der Waals surface area contributed by atoms with Gasteiger partial charge in [-0.25, -0.2) is 14.2 Å². The van der Waals surface area contributed by atoms with E-state index in [1.54, 1.807) is 12.1 Å². The van der Waals surface area contributed by atoms with Crippen molar-refractivity contribution >= 4 is 28.5 Å². The Morgan fingerprint density at radius 3 is 2.72 bits per heavy atom. The smallest absolute Gasteiger partial charge is 0.407 e. The number of hydrogen-bond donors (Lipinski definition) is 6. The van der Waals surface area contributed by atoms with Gasteiger partial charge >= 0.3 is 6.09 Å². The number of pyridine rings is 1. The van der Waals surface area contributed by atoms with E-state index in [2.05, 4.69) is 20.6 Å². The van der Waals surface area contributed by atoms with Crippen molar-refractivity contribution in [3.63, 3.8) is 0 Å². The molecule has 2 heterocycles.